The molecule has 3 aromatic heterocycles. The fourth-order valence-corrected chi connectivity index (χ4v) is 3.82. The van der Waals surface area contributed by atoms with Crippen LogP contribution in [0.1, 0.15) is 34.9 Å². The number of imidazole rings is 1. The van der Waals surface area contributed by atoms with Crippen molar-refractivity contribution >= 4 is 22.2 Å². The highest BCUT2D eigenvalue weighted by Gasteiger charge is 2.36. The Kier molecular flexibility index (Phi) is 4.14. The lowest BCUT2D eigenvalue weighted by atomic mass is 9.75. The van der Waals surface area contributed by atoms with E-state index >= 15 is 0 Å². The van der Waals surface area contributed by atoms with Gasteiger partial charge < -0.3 is 15.2 Å². The summed E-state index contributed by atoms with van der Waals surface area (Å²) in [5, 5.41) is 14.6. The average molecular weight is 358 g/mol. The second-order valence-electron chi connectivity index (χ2n) is 6.19. The molecular weight excluding hydrogens is 340 g/mol. The van der Waals surface area contributed by atoms with Gasteiger partial charge in [-0.2, -0.15) is 0 Å². The first-order valence-electron chi connectivity index (χ1n) is 8.05. The van der Waals surface area contributed by atoms with Crippen LogP contribution >= 0.6 is 11.3 Å². The number of carbonyl (C=O) groups is 1. The van der Waals surface area contributed by atoms with Gasteiger partial charge in [-0.1, -0.05) is 6.07 Å². The number of nitrogens with zero attached hydrogens (tertiary/aromatic N) is 3. The largest absolute Gasteiger partial charge is 0.481 e. The van der Waals surface area contributed by atoms with Gasteiger partial charge in [0.25, 0.3) is 5.91 Å². The van der Waals surface area contributed by atoms with Gasteiger partial charge in [0.05, 0.1) is 19.3 Å². The Hall–Kier alpha value is -2.45. The van der Waals surface area contributed by atoms with Gasteiger partial charge in [0.2, 0.25) is 5.88 Å². The van der Waals surface area contributed by atoms with Crippen molar-refractivity contribution in [1.82, 2.24) is 19.7 Å². The van der Waals surface area contributed by atoms with Crippen molar-refractivity contribution in [3.05, 3.63) is 47.4 Å². The highest BCUT2D eigenvalue weighted by molar-refractivity contribution is 7.15. The summed E-state index contributed by atoms with van der Waals surface area (Å²) in [6.07, 6.45) is 6.33. The molecule has 1 fully saturated rings. The molecule has 130 valence electrons. The SMILES string of the molecule is COc1ccc([C@@H](NC(=O)c2cn3ccsc3n2)C2CC(O)C2)cn1. The van der Waals surface area contributed by atoms with E-state index in [1.54, 1.807) is 25.6 Å². The van der Waals surface area contributed by atoms with Crippen LogP contribution in [0.3, 0.4) is 0 Å². The topological polar surface area (TPSA) is 88.8 Å². The number of rotatable bonds is 5. The van der Waals surface area contributed by atoms with Gasteiger partial charge in [-0.05, 0) is 24.3 Å². The van der Waals surface area contributed by atoms with E-state index < -0.39 is 0 Å². The number of aliphatic hydroxyl groups is 1. The van der Waals surface area contributed by atoms with Gasteiger partial charge in [0.15, 0.2) is 4.96 Å². The van der Waals surface area contributed by atoms with Crippen molar-refractivity contribution in [3.63, 3.8) is 0 Å². The first-order chi connectivity index (χ1) is 12.1. The first kappa shape index (κ1) is 16.0. The Morgan fingerprint density at radius 1 is 1.48 bits per heavy atom. The highest BCUT2D eigenvalue weighted by Crippen LogP contribution is 2.38. The van der Waals surface area contributed by atoms with Crippen molar-refractivity contribution in [2.75, 3.05) is 7.11 Å². The molecule has 0 aromatic carbocycles. The number of carbonyl (C=O) groups excluding carboxylic acids is 1. The predicted octanol–water partition coefficient (Wildman–Crippen LogP) is 2.04. The molecule has 3 aromatic rings. The molecule has 1 atom stereocenters. The molecule has 0 bridgehead atoms. The van der Waals surface area contributed by atoms with E-state index in [1.807, 2.05) is 22.0 Å². The number of hydrogen-bond donors (Lipinski definition) is 2. The Bertz CT molecular complexity index is 854. The zero-order chi connectivity index (χ0) is 17.4. The van der Waals surface area contributed by atoms with Crippen molar-refractivity contribution < 1.29 is 14.6 Å². The van der Waals surface area contributed by atoms with Crippen LogP contribution in [0, 0.1) is 5.92 Å². The molecule has 4 rings (SSSR count). The van der Waals surface area contributed by atoms with Crippen molar-refractivity contribution in [3.8, 4) is 5.88 Å². The number of methoxy groups -OCH3 is 1. The third-order valence-corrected chi connectivity index (χ3v) is 5.33. The quantitative estimate of drug-likeness (QED) is 0.729. The molecule has 0 saturated heterocycles. The fraction of sp³-hybridized carbons (Fsp3) is 0.353. The molecule has 8 heteroatoms. The maximum absolute atomic E-state index is 12.7. The highest BCUT2D eigenvalue weighted by atomic mass is 32.1. The molecule has 1 aliphatic carbocycles. The standard InChI is InChI=1S/C17H18N4O3S/c1-24-14-3-2-10(8-18-14)15(11-6-12(22)7-11)20-16(23)13-9-21-4-5-25-17(21)19-13/h2-5,8-9,11-12,15,22H,6-7H2,1H3,(H,20,23)/t11?,12?,15-/m1/s1. The third kappa shape index (κ3) is 3.10. The second-order valence-corrected chi connectivity index (χ2v) is 7.06. The van der Waals surface area contributed by atoms with E-state index in [9.17, 15) is 9.90 Å². The van der Waals surface area contributed by atoms with E-state index in [2.05, 4.69) is 15.3 Å². The second kappa shape index (κ2) is 6.45. The lowest BCUT2D eigenvalue weighted by molar-refractivity contribution is 0.0234. The van der Waals surface area contributed by atoms with Crippen molar-refractivity contribution in [2.45, 2.75) is 25.0 Å². The number of hydrogen-bond acceptors (Lipinski definition) is 6. The molecule has 0 radical (unpaired) electrons. The Morgan fingerprint density at radius 2 is 2.32 bits per heavy atom. The number of thiazole rings is 1. The minimum atomic E-state index is -0.298. The number of ether oxygens (including phenoxy) is 1. The molecule has 0 aliphatic heterocycles. The van der Waals surface area contributed by atoms with E-state index in [0.717, 1.165) is 10.5 Å². The summed E-state index contributed by atoms with van der Waals surface area (Å²) >= 11 is 1.48. The van der Waals surface area contributed by atoms with Gasteiger partial charge >= 0.3 is 0 Å². The summed E-state index contributed by atoms with van der Waals surface area (Å²) in [7, 11) is 1.56. The van der Waals surface area contributed by atoms with Gasteiger partial charge in [-0.25, -0.2) is 9.97 Å². The molecule has 2 N–H and O–H groups in total. The van der Waals surface area contributed by atoms with Crippen molar-refractivity contribution in [2.24, 2.45) is 5.92 Å². The minimum absolute atomic E-state index is 0.179. The van der Waals surface area contributed by atoms with Crippen LogP contribution in [-0.4, -0.2) is 38.6 Å². The molecule has 1 saturated carbocycles. The molecule has 1 aliphatic rings. The Morgan fingerprint density at radius 3 is 2.96 bits per heavy atom. The summed E-state index contributed by atoms with van der Waals surface area (Å²) in [6, 6.07) is 3.46. The summed E-state index contributed by atoms with van der Waals surface area (Å²) in [5.74, 6) is 0.479. The van der Waals surface area contributed by atoms with Crippen LogP contribution in [0.4, 0.5) is 0 Å². The van der Waals surface area contributed by atoms with Crippen LogP contribution in [0.2, 0.25) is 0 Å². The minimum Gasteiger partial charge on any atom is -0.481 e. The lowest BCUT2D eigenvalue weighted by Gasteiger charge is -2.38. The number of aliphatic hydroxyl groups excluding tert-OH is 1. The van der Waals surface area contributed by atoms with Crippen LogP contribution in [0.5, 0.6) is 5.88 Å². The third-order valence-electron chi connectivity index (χ3n) is 4.56. The maximum Gasteiger partial charge on any atom is 0.272 e. The van der Waals surface area contributed by atoms with Crippen LogP contribution in [-0.2, 0) is 0 Å². The van der Waals surface area contributed by atoms with E-state index in [-0.39, 0.29) is 24.0 Å². The maximum atomic E-state index is 12.7. The summed E-state index contributed by atoms with van der Waals surface area (Å²) < 4.78 is 6.92. The van der Waals surface area contributed by atoms with Crippen LogP contribution in [0.15, 0.2) is 36.1 Å². The number of aromatic nitrogens is 3. The zero-order valence-corrected chi connectivity index (χ0v) is 14.4. The number of amides is 1. The molecular formula is C17H18N4O3S. The smallest absolute Gasteiger partial charge is 0.272 e. The van der Waals surface area contributed by atoms with E-state index in [1.165, 1.54) is 11.3 Å². The van der Waals surface area contributed by atoms with Gasteiger partial charge in [0, 0.05) is 30.0 Å². The molecule has 3 heterocycles. The lowest BCUT2D eigenvalue weighted by Crippen LogP contribution is -2.41. The Balaban J connectivity index is 1.56. The Labute approximate surface area is 148 Å². The van der Waals surface area contributed by atoms with E-state index in [4.69, 9.17) is 4.74 Å². The molecule has 0 unspecified atom stereocenters. The summed E-state index contributed by atoms with van der Waals surface area (Å²) in [4.78, 5) is 22.0. The molecule has 0 spiro atoms. The first-order valence-corrected chi connectivity index (χ1v) is 8.93. The number of pyridine rings is 1. The zero-order valence-electron chi connectivity index (χ0n) is 13.6. The van der Waals surface area contributed by atoms with Crippen LogP contribution < -0.4 is 10.1 Å². The number of nitrogens with one attached hydrogen (secondary N) is 1. The molecule has 25 heavy (non-hydrogen) atoms. The van der Waals surface area contributed by atoms with Crippen LogP contribution in [0.25, 0.3) is 4.96 Å². The van der Waals surface area contributed by atoms with Gasteiger partial charge in [-0.3, -0.25) is 9.20 Å². The van der Waals surface area contributed by atoms with Crippen molar-refractivity contribution in [1.29, 1.82) is 0 Å². The number of fused-ring (bicyclic) bond motifs is 1. The van der Waals surface area contributed by atoms with Gasteiger partial charge in [0.1, 0.15) is 5.69 Å². The molecule has 7 nitrogen and oxygen atoms in total. The monoisotopic (exact) mass is 358 g/mol. The van der Waals surface area contributed by atoms with E-state index in [0.29, 0.717) is 24.4 Å². The average Bonchev–Trinajstić information content (AvgIpc) is 3.19. The predicted molar refractivity (Wildman–Crippen MR) is 92.8 cm³/mol. The molecule has 1 amide bonds. The van der Waals surface area contributed by atoms with Gasteiger partial charge in [-0.15, -0.1) is 11.3 Å². The summed E-state index contributed by atoms with van der Waals surface area (Å²) in [5.41, 5.74) is 1.28. The summed E-state index contributed by atoms with van der Waals surface area (Å²) in [6.45, 7) is 0. The fourth-order valence-electron chi connectivity index (χ4n) is 3.12. The normalized spacial score (nSPS) is 20.9.